The molecule has 0 radical (unpaired) electrons. The van der Waals surface area contributed by atoms with E-state index in [2.05, 4.69) is 0 Å². The Morgan fingerprint density at radius 2 is 1.34 bits per heavy atom. The molecule has 0 aromatic heterocycles. The highest BCUT2D eigenvalue weighted by atomic mass is 32.2. The Bertz CT molecular complexity index is 1100. The third-order valence-corrected chi connectivity index (χ3v) is 6.49. The van der Waals surface area contributed by atoms with E-state index in [1.165, 1.54) is 0 Å². The van der Waals surface area contributed by atoms with E-state index in [-0.39, 0.29) is 24.4 Å². The summed E-state index contributed by atoms with van der Waals surface area (Å²) < 4.78 is 31.0. The van der Waals surface area contributed by atoms with E-state index >= 15 is 0 Å². The first kappa shape index (κ1) is 20.8. The number of hydrogen-bond acceptors (Lipinski definition) is 4. The minimum atomic E-state index is -3.49. The molecule has 0 aliphatic heterocycles. The van der Waals surface area contributed by atoms with Gasteiger partial charge in [-0.15, -0.1) is 0 Å². The highest BCUT2D eigenvalue weighted by Gasteiger charge is 2.18. The number of ketones is 1. The summed E-state index contributed by atoms with van der Waals surface area (Å²) >= 11 is 0. The zero-order chi connectivity index (χ0) is 20.9. The summed E-state index contributed by atoms with van der Waals surface area (Å²) in [5.41, 5.74) is 3.22. The van der Waals surface area contributed by atoms with Crippen molar-refractivity contribution in [3.05, 3.63) is 95.1 Å². The van der Waals surface area contributed by atoms with Crippen LogP contribution in [0.2, 0.25) is 0 Å². The van der Waals surface area contributed by atoms with Crippen LogP contribution in [0.5, 0.6) is 5.75 Å². The van der Waals surface area contributed by atoms with E-state index in [0.29, 0.717) is 16.2 Å². The van der Waals surface area contributed by atoms with Crippen molar-refractivity contribution in [3.8, 4) is 5.75 Å². The van der Waals surface area contributed by atoms with Gasteiger partial charge in [0.25, 0.3) is 0 Å². The van der Waals surface area contributed by atoms with Gasteiger partial charge in [-0.05, 0) is 36.2 Å². The van der Waals surface area contributed by atoms with Gasteiger partial charge in [-0.25, -0.2) is 8.42 Å². The Labute approximate surface area is 172 Å². The summed E-state index contributed by atoms with van der Waals surface area (Å²) in [6.45, 7) is 1.92. The number of sulfone groups is 1. The van der Waals surface area contributed by atoms with E-state index in [1.807, 2.05) is 43.3 Å². The zero-order valence-corrected chi connectivity index (χ0v) is 17.4. The molecule has 3 aromatic rings. The lowest BCUT2D eigenvalue weighted by Gasteiger charge is -2.11. The number of Topliss-reactive ketones (excluding diaryl/α,β-unsaturated/α-hetero) is 1. The number of carbonyl (C=O) groups is 1. The van der Waals surface area contributed by atoms with E-state index in [9.17, 15) is 13.2 Å². The minimum absolute atomic E-state index is 0.00897. The quantitative estimate of drug-likeness (QED) is 0.557. The Morgan fingerprint density at radius 3 is 2.00 bits per heavy atom. The highest BCUT2D eigenvalue weighted by Crippen LogP contribution is 2.22. The highest BCUT2D eigenvalue weighted by molar-refractivity contribution is 7.90. The maximum Gasteiger partial charge on any atom is 0.182 e. The van der Waals surface area contributed by atoms with Gasteiger partial charge in [-0.1, -0.05) is 60.2 Å². The zero-order valence-electron chi connectivity index (χ0n) is 16.6. The summed E-state index contributed by atoms with van der Waals surface area (Å²) in [7, 11) is -1.91. The van der Waals surface area contributed by atoms with Gasteiger partial charge >= 0.3 is 0 Å². The Balaban J connectivity index is 1.78. The van der Waals surface area contributed by atoms with Gasteiger partial charge in [0.05, 0.1) is 17.8 Å². The van der Waals surface area contributed by atoms with Crippen LogP contribution < -0.4 is 4.74 Å². The second kappa shape index (κ2) is 9.05. The number of methoxy groups -OCH3 is 1. The fraction of sp³-hybridized carbons (Fsp3) is 0.208. The second-order valence-corrected chi connectivity index (χ2v) is 9.03. The molecule has 0 spiro atoms. The van der Waals surface area contributed by atoms with Crippen molar-refractivity contribution < 1.29 is 17.9 Å². The van der Waals surface area contributed by atoms with Crippen LogP contribution in [0.1, 0.15) is 22.3 Å². The van der Waals surface area contributed by atoms with E-state index in [0.717, 1.165) is 16.7 Å². The van der Waals surface area contributed by atoms with Crippen molar-refractivity contribution in [1.29, 1.82) is 0 Å². The van der Waals surface area contributed by atoms with Gasteiger partial charge < -0.3 is 4.74 Å². The number of rotatable bonds is 8. The average molecular weight is 409 g/mol. The van der Waals surface area contributed by atoms with Crippen LogP contribution >= 0.6 is 0 Å². The van der Waals surface area contributed by atoms with Gasteiger partial charge in [0, 0.05) is 18.4 Å². The number of ether oxygens (including phenoxy) is 1. The van der Waals surface area contributed by atoms with Crippen LogP contribution in [0.15, 0.2) is 77.7 Å². The van der Waals surface area contributed by atoms with Crippen LogP contribution in [-0.2, 0) is 33.2 Å². The van der Waals surface area contributed by atoms with Crippen molar-refractivity contribution in [2.45, 2.75) is 30.4 Å². The minimum Gasteiger partial charge on any atom is -0.496 e. The third kappa shape index (κ3) is 5.33. The molecule has 150 valence electrons. The largest absolute Gasteiger partial charge is 0.496 e. The average Bonchev–Trinajstić information content (AvgIpc) is 2.70. The molecule has 0 N–H and O–H groups in total. The van der Waals surface area contributed by atoms with Crippen molar-refractivity contribution >= 4 is 15.6 Å². The molecule has 5 heteroatoms. The van der Waals surface area contributed by atoms with Crippen LogP contribution in [0, 0.1) is 6.92 Å². The predicted octanol–water partition coefficient (Wildman–Crippen LogP) is 4.33. The van der Waals surface area contributed by atoms with Crippen LogP contribution in [0.4, 0.5) is 0 Å². The third-order valence-electron chi connectivity index (χ3n) is 4.81. The first-order valence-corrected chi connectivity index (χ1v) is 11.0. The lowest BCUT2D eigenvalue weighted by Crippen LogP contribution is -2.12. The molecule has 0 heterocycles. The van der Waals surface area contributed by atoms with Gasteiger partial charge in [-0.3, -0.25) is 4.79 Å². The fourth-order valence-electron chi connectivity index (χ4n) is 3.24. The number of para-hydroxylation sites is 1. The van der Waals surface area contributed by atoms with Gasteiger partial charge in [-0.2, -0.15) is 0 Å². The molecule has 0 unspecified atom stereocenters. The van der Waals surface area contributed by atoms with Gasteiger partial charge in [0.2, 0.25) is 0 Å². The van der Waals surface area contributed by atoms with E-state index in [1.54, 1.807) is 43.5 Å². The summed E-state index contributed by atoms with van der Waals surface area (Å²) in [6.07, 6.45) is 0.417. The molecule has 0 fully saturated rings. The van der Waals surface area contributed by atoms with Crippen molar-refractivity contribution in [2.75, 3.05) is 7.11 Å². The normalized spacial score (nSPS) is 11.2. The summed E-state index contributed by atoms with van der Waals surface area (Å²) in [5.74, 6) is 0.555. The summed E-state index contributed by atoms with van der Waals surface area (Å²) in [4.78, 5) is 13.0. The lowest BCUT2D eigenvalue weighted by molar-refractivity contribution is -0.117. The monoisotopic (exact) mass is 408 g/mol. The van der Waals surface area contributed by atoms with Crippen LogP contribution in [-0.4, -0.2) is 21.3 Å². The molecule has 3 rings (SSSR count). The first-order chi connectivity index (χ1) is 13.9. The number of benzene rings is 3. The standard InChI is InChI=1S/C24H24O4S/c1-18-11-13-23(14-12-18)29(26,27)17-21-9-4-3-7-19(21)15-22(25)16-20-8-5-6-10-24(20)28-2/h3-14H,15-17H2,1-2H3. The molecule has 3 aromatic carbocycles. The smallest absolute Gasteiger partial charge is 0.182 e. The molecule has 0 aliphatic carbocycles. The molecule has 0 saturated heterocycles. The fourth-order valence-corrected chi connectivity index (χ4v) is 4.65. The van der Waals surface area contributed by atoms with Gasteiger partial charge in [0.15, 0.2) is 9.84 Å². The Kier molecular flexibility index (Phi) is 6.49. The maximum atomic E-state index is 12.8. The molecule has 0 bridgehead atoms. The maximum absolute atomic E-state index is 12.8. The number of carbonyl (C=O) groups excluding carboxylic acids is 1. The molecule has 0 aliphatic rings. The second-order valence-electron chi connectivity index (χ2n) is 7.04. The lowest BCUT2D eigenvalue weighted by atomic mass is 9.99. The van der Waals surface area contributed by atoms with Crippen molar-refractivity contribution in [3.63, 3.8) is 0 Å². The number of aryl methyl sites for hydroxylation is 1. The molecule has 29 heavy (non-hydrogen) atoms. The summed E-state index contributed by atoms with van der Waals surface area (Å²) in [6, 6.07) is 21.5. The Morgan fingerprint density at radius 1 is 0.793 bits per heavy atom. The van der Waals surface area contributed by atoms with E-state index in [4.69, 9.17) is 4.74 Å². The molecule has 0 amide bonds. The predicted molar refractivity (Wildman–Crippen MR) is 114 cm³/mol. The van der Waals surface area contributed by atoms with Crippen molar-refractivity contribution in [2.24, 2.45) is 0 Å². The molecular formula is C24H24O4S. The van der Waals surface area contributed by atoms with Gasteiger partial charge in [0.1, 0.15) is 11.5 Å². The number of hydrogen-bond donors (Lipinski definition) is 0. The summed E-state index contributed by atoms with van der Waals surface area (Å²) in [5, 5.41) is 0. The van der Waals surface area contributed by atoms with E-state index < -0.39 is 9.84 Å². The van der Waals surface area contributed by atoms with Crippen LogP contribution in [0.25, 0.3) is 0 Å². The first-order valence-electron chi connectivity index (χ1n) is 9.39. The van der Waals surface area contributed by atoms with Crippen LogP contribution in [0.3, 0.4) is 0 Å². The molecule has 4 nitrogen and oxygen atoms in total. The van der Waals surface area contributed by atoms with Crippen molar-refractivity contribution in [1.82, 2.24) is 0 Å². The topological polar surface area (TPSA) is 60.4 Å². The molecular weight excluding hydrogens is 384 g/mol. The Hall–Kier alpha value is -2.92. The molecule has 0 atom stereocenters. The SMILES string of the molecule is COc1ccccc1CC(=O)Cc1ccccc1CS(=O)(=O)c1ccc(C)cc1. The molecule has 0 saturated carbocycles.